The van der Waals surface area contributed by atoms with Crippen LogP contribution in [0.2, 0.25) is 0 Å². The highest BCUT2D eigenvalue weighted by Crippen LogP contribution is 2.58. The van der Waals surface area contributed by atoms with Gasteiger partial charge in [-0.2, -0.15) is 0 Å². The molecule has 0 saturated carbocycles. The fourth-order valence-corrected chi connectivity index (χ4v) is 22.2. The summed E-state index contributed by atoms with van der Waals surface area (Å²) in [6, 6.07) is 178. The average molecular weight is 1710 g/mol. The number of hydrogen-bond donors (Lipinski definition) is 0. The lowest BCUT2D eigenvalue weighted by molar-refractivity contribution is 0.456. The van der Waals surface area contributed by atoms with Crippen LogP contribution in [0.5, 0.6) is 34.5 Å². The molecule has 0 aromatic heterocycles. The Morgan fingerprint density at radius 2 is 0.313 bits per heavy atom. The largest absolute Gasteiger partial charge is 0.457 e. The Hall–Kier alpha value is -17.2. The molecule has 626 valence electrons. The van der Waals surface area contributed by atoms with Gasteiger partial charge >= 0.3 is 0 Å². The van der Waals surface area contributed by atoms with E-state index >= 15 is 0 Å². The molecule has 25 aromatic carbocycles. The number of hydrogen-bond acceptors (Lipinski definition) is 3. The molecule has 0 N–H and O–H groups in total. The van der Waals surface area contributed by atoms with E-state index in [4.69, 9.17) is 14.2 Å². The fraction of sp³-hybridized carbons (Fsp3) is 0.0229. The van der Waals surface area contributed by atoms with Crippen molar-refractivity contribution in [1.82, 2.24) is 0 Å². The second-order valence-electron chi connectivity index (χ2n) is 35.7. The Kier molecular flexibility index (Phi) is 18.9. The molecule has 0 unspecified atom stereocenters. The zero-order valence-corrected chi connectivity index (χ0v) is 73.2. The second-order valence-corrected chi connectivity index (χ2v) is 35.7. The summed E-state index contributed by atoms with van der Waals surface area (Å²) in [5.41, 5.74) is 23.7. The Morgan fingerprint density at radius 1 is 0.119 bits per heavy atom. The van der Waals surface area contributed by atoms with Crippen molar-refractivity contribution in [2.24, 2.45) is 0 Å². The molecule has 3 nitrogen and oxygen atoms in total. The van der Waals surface area contributed by atoms with Gasteiger partial charge in [0.15, 0.2) is 0 Å². The van der Waals surface area contributed by atoms with Crippen LogP contribution in [0.3, 0.4) is 0 Å². The first kappa shape index (κ1) is 77.9. The van der Waals surface area contributed by atoms with Gasteiger partial charge in [-0.1, -0.05) is 437 Å². The van der Waals surface area contributed by atoms with Gasteiger partial charge in [0.2, 0.25) is 0 Å². The summed E-state index contributed by atoms with van der Waals surface area (Å²) in [5.74, 6) is 5.71. The zero-order chi connectivity index (χ0) is 88.3. The van der Waals surface area contributed by atoms with Gasteiger partial charge in [0.1, 0.15) is 34.5 Å². The van der Waals surface area contributed by atoms with Gasteiger partial charge in [0.25, 0.3) is 0 Å². The topological polar surface area (TPSA) is 27.7 Å². The predicted molar refractivity (Wildman–Crippen MR) is 561 cm³/mol. The summed E-state index contributed by atoms with van der Waals surface area (Å²) in [5, 5.41) is 27.4. The maximum atomic E-state index is 6.68. The van der Waals surface area contributed by atoms with Crippen LogP contribution in [-0.2, 0) is 0 Å². The van der Waals surface area contributed by atoms with Gasteiger partial charge in [-0.05, 0) is 245 Å². The Morgan fingerprint density at radius 3 is 0.597 bits per heavy atom. The fourth-order valence-electron chi connectivity index (χ4n) is 22.2. The van der Waals surface area contributed by atoms with E-state index in [1.54, 1.807) is 0 Å². The van der Waals surface area contributed by atoms with E-state index in [9.17, 15) is 0 Å². The maximum Gasteiger partial charge on any atom is 0.132 e. The molecule has 3 aliphatic heterocycles. The highest BCUT2D eigenvalue weighted by atomic mass is 16.5. The first-order valence-electron chi connectivity index (χ1n) is 46.4. The van der Waals surface area contributed by atoms with E-state index in [0.717, 1.165) is 34.5 Å². The summed E-state index contributed by atoms with van der Waals surface area (Å²) >= 11 is 0. The van der Waals surface area contributed by atoms with Crippen LogP contribution < -0.4 is 14.2 Å². The van der Waals surface area contributed by atoms with Crippen molar-refractivity contribution in [3.8, 4) is 90.1 Å². The van der Waals surface area contributed by atoms with Crippen molar-refractivity contribution in [3.63, 3.8) is 0 Å². The molecule has 25 aromatic rings. The van der Waals surface area contributed by atoms with Crippen LogP contribution in [0.4, 0.5) is 0 Å². The van der Waals surface area contributed by atoms with Gasteiger partial charge in [-0.3, -0.25) is 0 Å². The lowest BCUT2D eigenvalue weighted by Gasteiger charge is -2.31. The van der Waals surface area contributed by atoms with E-state index in [-0.39, 0.29) is 17.8 Å². The van der Waals surface area contributed by atoms with E-state index in [1.807, 2.05) is 0 Å². The summed E-state index contributed by atoms with van der Waals surface area (Å²) in [6.45, 7) is 0. The molecule has 0 radical (unpaired) electrons. The SMILES string of the molecule is c1ccc(-c2c3ccccc3c(-c3ccc(C4c5c(ccc6ccccc56)Oc5ccc6ccccc6c54)cc3)c3ccccc23)cc1.c1ccc(-c2ccc3cc(-c4ccc(C5c6c(ccc7ccccc67)Oc6ccc7ccccc7c65)cc4)ccc3c2)cc1.c1ccc2c3c(ccc2c1)Oc1ccc2ccccc2c1C3c1ccc(-c2c3ccccc3cc3ccccc23)cc1. The molecule has 0 bridgehead atoms. The predicted octanol–water partition coefficient (Wildman–Crippen LogP) is 35.9. The highest BCUT2D eigenvalue weighted by Gasteiger charge is 2.37. The van der Waals surface area contributed by atoms with Gasteiger partial charge in [0.05, 0.1) is 0 Å². The lowest BCUT2D eigenvalue weighted by Crippen LogP contribution is -2.13. The molecular formula is C131H84O3. The Balaban J connectivity index is 0.000000105. The van der Waals surface area contributed by atoms with Crippen molar-refractivity contribution >= 4 is 118 Å². The lowest BCUT2D eigenvalue weighted by atomic mass is 9.78. The summed E-state index contributed by atoms with van der Waals surface area (Å²) in [6.07, 6.45) is 0. The van der Waals surface area contributed by atoms with Crippen molar-refractivity contribution in [2.45, 2.75) is 17.8 Å². The van der Waals surface area contributed by atoms with Crippen molar-refractivity contribution in [1.29, 1.82) is 0 Å². The van der Waals surface area contributed by atoms with E-state index in [1.165, 1.54) is 224 Å². The number of rotatable bonds is 8. The molecule has 0 aliphatic carbocycles. The van der Waals surface area contributed by atoms with Crippen LogP contribution in [0.1, 0.15) is 67.8 Å². The van der Waals surface area contributed by atoms with Gasteiger partial charge in [-0.25, -0.2) is 0 Å². The molecule has 3 aliphatic rings. The summed E-state index contributed by atoms with van der Waals surface area (Å²) in [4.78, 5) is 0. The minimum Gasteiger partial charge on any atom is -0.457 e. The van der Waals surface area contributed by atoms with Crippen molar-refractivity contribution in [2.75, 3.05) is 0 Å². The first-order valence-corrected chi connectivity index (χ1v) is 46.4. The molecule has 0 saturated heterocycles. The standard InChI is InChI=1S/C47H30O.C43H28O.C41H26O/c1-2-14-32(15-3-1)43-37-18-8-10-20-39(37)44(40-21-11-9-19-38(40)43)33-22-24-34(25-23-33)45-46-35-16-6-4-12-30(35)26-28-41(46)48-42-29-27-31-13-5-7-17-36(31)47(42)45;1-2-8-28(9-3-1)33-18-20-36-27-34(19-21-35(36)26-33)29-14-16-32(17-15-29)41-42-37-12-6-4-10-30(37)22-24-39(42)44-40-25-23-31-11-5-7-13-38(31)43(40)41;1-5-13-32-26(9-1)21-23-36-40(32)39(41-33-14-6-2-10-27(33)22-24-37(41)42-36)29-19-17-28(18-20-29)38-34-15-7-3-11-30(34)25-31-12-4-8-16-35(31)38/h1-29,45H;1-27,41H;1-25,39H. The zero-order valence-electron chi connectivity index (χ0n) is 73.2. The van der Waals surface area contributed by atoms with E-state index in [2.05, 4.69) is 491 Å². The average Bonchev–Trinajstić information content (AvgIpc) is 0.731. The van der Waals surface area contributed by atoms with Crippen LogP contribution >= 0.6 is 0 Å². The summed E-state index contributed by atoms with van der Waals surface area (Å²) < 4.78 is 19.9. The minimum absolute atomic E-state index is 0.0175. The molecule has 0 amide bonds. The van der Waals surface area contributed by atoms with Crippen LogP contribution in [0, 0.1) is 0 Å². The molecule has 3 heteroatoms. The van der Waals surface area contributed by atoms with E-state index in [0.29, 0.717) is 0 Å². The number of benzene rings is 25. The maximum absolute atomic E-state index is 6.68. The number of ether oxygens (including phenoxy) is 3. The number of fused-ring (bicyclic) bond motifs is 23. The quantitative estimate of drug-likeness (QED) is 0.142. The first-order chi connectivity index (χ1) is 66.5. The van der Waals surface area contributed by atoms with Gasteiger partial charge in [-0.15, -0.1) is 0 Å². The minimum atomic E-state index is 0.0175. The smallest absolute Gasteiger partial charge is 0.132 e. The third-order valence-corrected chi connectivity index (χ3v) is 28.3. The van der Waals surface area contributed by atoms with Crippen LogP contribution in [0.25, 0.3) is 174 Å². The monoisotopic (exact) mass is 1700 g/mol. The van der Waals surface area contributed by atoms with Crippen LogP contribution in [-0.4, -0.2) is 0 Å². The molecule has 0 fully saturated rings. The van der Waals surface area contributed by atoms with E-state index < -0.39 is 0 Å². The highest BCUT2D eigenvalue weighted by molar-refractivity contribution is 6.22. The molecule has 134 heavy (non-hydrogen) atoms. The third kappa shape index (κ3) is 13.3. The molecular weight excluding hydrogens is 1620 g/mol. The van der Waals surface area contributed by atoms with Crippen LogP contribution in [0.15, 0.2) is 491 Å². The molecule has 3 heterocycles. The Labute approximate surface area is 776 Å². The molecule has 0 spiro atoms. The van der Waals surface area contributed by atoms with Gasteiger partial charge < -0.3 is 14.2 Å². The Bertz CT molecular complexity index is 8660. The second kappa shape index (κ2) is 32.4. The third-order valence-electron chi connectivity index (χ3n) is 28.3. The van der Waals surface area contributed by atoms with Crippen molar-refractivity contribution in [3.05, 3.63) is 541 Å². The molecule has 28 rings (SSSR count). The van der Waals surface area contributed by atoms with Gasteiger partial charge in [0, 0.05) is 51.1 Å². The summed E-state index contributed by atoms with van der Waals surface area (Å²) in [7, 11) is 0. The molecule has 0 atom stereocenters. The van der Waals surface area contributed by atoms with Crippen molar-refractivity contribution < 1.29 is 14.2 Å². The normalized spacial score (nSPS) is 12.7.